The van der Waals surface area contributed by atoms with Crippen LogP contribution in [0.25, 0.3) is 0 Å². The van der Waals surface area contributed by atoms with Gasteiger partial charge in [0.2, 0.25) is 0 Å². The van der Waals surface area contributed by atoms with Crippen LogP contribution in [-0.2, 0) is 4.74 Å². The number of ketones is 1. The first-order valence-corrected chi connectivity index (χ1v) is 5.75. The number of carbonyl (C=O) groups excluding carboxylic acids is 1. The highest BCUT2D eigenvalue weighted by Crippen LogP contribution is 2.20. The van der Waals surface area contributed by atoms with Gasteiger partial charge >= 0.3 is 0 Å². The third-order valence-corrected chi connectivity index (χ3v) is 2.63. The van der Waals surface area contributed by atoms with E-state index in [4.69, 9.17) is 9.84 Å². The molecule has 0 aromatic heterocycles. The molecule has 0 bridgehead atoms. The molecule has 0 aliphatic rings. The maximum atomic E-state index is 13.9. The van der Waals surface area contributed by atoms with Crippen molar-refractivity contribution in [2.45, 2.75) is 6.92 Å². The van der Waals surface area contributed by atoms with Gasteiger partial charge in [-0.3, -0.25) is 4.79 Å². The molecule has 1 rings (SSSR count). The van der Waals surface area contributed by atoms with Crippen molar-refractivity contribution in [2.75, 3.05) is 38.3 Å². The van der Waals surface area contributed by atoms with Crippen molar-refractivity contribution in [3.05, 3.63) is 29.6 Å². The predicted octanol–water partition coefficient (Wildman–Crippen LogP) is 1.47. The van der Waals surface area contributed by atoms with Gasteiger partial charge in [-0.15, -0.1) is 0 Å². The number of methoxy groups -OCH3 is 1. The molecule has 0 heterocycles. The molecule has 0 amide bonds. The number of hydrogen-bond acceptors (Lipinski definition) is 4. The maximum Gasteiger partial charge on any atom is 0.159 e. The summed E-state index contributed by atoms with van der Waals surface area (Å²) in [6.45, 7) is 2.56. The van der Waals surface area contributed by atoms with Crippen LogP contribution in [0, 0.1) is 5.82 Å². The summed E-state index contributed by atoms with van der Waals surface area (Å²) >= 11 is 0. The highest BCUT2D eigenvalue weighted by molar-refractivity contribution is 5.94. The smallest absolute Gasteiger partial charge is 0.159 e. The summed E-state index contributed by atoms with van der Waals surface area (Å²) in [5.74, 6) is -0.640. The molecule has 0 spiro atoms. The number of Topliss-reactive ketones (excluding diaryl/α,β-unsaturated/α-hetero) is 1. The summed E-state index contributed by atoms with van der Waals surface area (Å²) in [6, 6.07) is 4.35. The van der Waals surface area contributed by atoms with Crippen molar-refractivity contribution >= 4 is 11.5 Å². The Morgan fingerprint density at radius 1 is 1.44 bits per heavy atom. The lowest BCUT2D eigenvalue weighted by Gasteiger charge is -2.24. The molecule has 0 saturated heterocycles. The highest BCUT2D eigenvalue weighted by Gasteiger charge is 2.12. The normalized spacial score (nSPS) is 10.4. The van der Waals surface area contributed by atoms with Gasteiger partial charge in [-0.05, 0) is 25.1 Å². The largest absolute Gasteiger partial charge is 0.395 e. The second-order valence-corrected chi connectivity index (χ2v) is 3.93. The zero-order valence-corrected chi connectivity index (χ0v) is 10.6. The van der Waals surface area contributed by atoms with E-state index in [1.165, 1.54) is 13.0 Å². The Bertz CT molecular complexity index is 409. The van der Waals surface area contributed by atoms with Crippen molar-refractivity contribution < 1.29 is 19.0 Å². The van der Waals surface area contributed by atoms with Crippen LogP contribution in [0.3, 0.4) is 0 Å². The van der Waals surface area contributed by atoms with E-state index in [-0.39, 0.29) is 12.4 Å². The fourth-order valence-corrected chi connectivity index (χ4v) is 1.66. The van der Waals surface area contributed by atoms with Crippen LogP contribution >= 0.6 is 0 Å². The first-order valence-electron chi connectivity index (χ1n) is 5.75. The number of benzene rings is 1. The number of ether oxygens (including phenoxy) is 1. The molecule has 1 aromatic carbocycles. The minimum Gasteiger partial charge on any atom is -0.395 e. The van der Waals surface area contributed by atoms with E-state index in [9.17, 15) is 9.18 Å². The van der Waals surface area contributed by atoms with Crippen LogP contribution in [0.4, 0.5) is 10.1 Å². The third kappa shape index (κ3) is 3.78. The lowest BCUT2D eigenvalue weighted by atomic mass is 10.1. The van der Waals surface area contributed by atoms with Gasteiger partial charge in [-0.1, -0.05) is 0 Å². The number of nitrogens with zero attached hydrogens (tertiary/aromatic N) is 1. The van der Waals surface area contributed by atoms with E-state index in [0.29, 0.717) is 30.9 Å². The molecule has 0 aliphatic carbocycles. The molecule has 5 heteroatoms. The summed E-state index contributed by atoms with van der Waals surface area (Å²) in [6.07, 6.45) is 0. The minimum absolute atomic E-state index is 0.0718. The fraction of sp³-hybridized carbons (Fsp3) is 0.462. The van der Waals surface area contributed by atoms with E-state index in [0.717, 1.165) is 0 Å². The molecular weight excluding hydrogens is 237 g/mol. The van der Waals surface area contributed by atoms with Crippen LogP contribution in [0.15, 0.2) is 18.2 Å². The second-order valence-electron chi connectivity index (χ2n) is 3.93. The van der Waals surface area contributed by atoms with E-state index in [1.54, 1.807) is 24.1 Å². The topological polar surface area (TPSA) is 49.8 Å². The molecule has 100 valence electrons. The van der Waals surface area contributed by atoms with Gasteiger partial charge < -0.3 is 14.7 Å². The first-order chi connectivity index (χ1) is 8.60. The van der Waals surface area contributed by atoms with Gasteiger partial charge in [0.25, 0.3) is 0 Å². The number of rotatable bonds is 7. The molecule has 0 fully saturated rings. The number of anilines is 1. The number of aliphatic hydroxyl groups is 1. The Labute approximate surface area is 106 Å². The Hall–Kier alpha value is -1.46. The van der Waals surface area contributed by atoms with Crippen LogP contribution in [-0.4, -0.2) is 44.3 Å². The average molecular weight is 255 g/mol. The van der Waals surface area contributed by atoms with E-state index >= 15 is 0 Å². The summed E-state index contributed by atoms with van der Waals surface area (Å²) in [7, 11) is 1.56. The van der Waals surface area contributed by atoms with Gasteiger partial charge in [0, 0.05) is 25.8 Å². The van der Waals surface area contributed by atoms with E-state index < -0.39 is 5.82 Å². The summed E-state index contributed by atoms with van der Waals surface area (Å²) in [4.78, 5) is 12.8. The number of aliphatic hydroxyl groups excluding tert-OH is 1. The van der Waals surface area contributed by atoms with Gasteiger partial charge in [0.05, 0.1) is 18.9 Å². The highest BCUT2D eigenvalue weighted by atomic mass is 19.1. The Kier molecular flexibility index (Phi) is 5.74. The summed E-state index contributed by atoms with van der Waals surface area (Å²) in [5.41, 5.74) is 0.707. The fourth-order valence-electron chi connectivity index (χ4n) is 1.66. The molecule has 1 aromatic rings. The third-order valence-electron chi connectivity index (χ3n) is 2.63. The van der Waals surface area contributed by atoms with Gasteiger partial charge in [-0.2, -0.15) is 0 Å². The van der Waals surface area contributed by atoms with Crippen molar-refractivity contribution in [1.29, 1.82) is 0 Å². The summed E-state index contributed by atoms with van der Waals surface area (Å²) in [5, 5.41) is 8.97. The van der Waals surface area contributed by atoms with Gasteiger partial charge in [0.1, 0.15) is 5.82 Å². The number of halogens is 1. The van der Waals surface area contributed by atoms with Crippen molar-refractivity contribution in [3.63, 3.8) is 0 Å². The molecule has 0 saturated carbocycles. The van der Waals surface area contributed by atoms with Crippen molar-refractivity contribution in [1.82, 2.24) is 0 Å². The SMILES string of the molecule is COCCN(CCO)c1ccc(C(C)=O)cc1F. The van der Waals surface area contributed by atoms with Crippen LogP contribution < -0.4 is 4.90 Å². The average Bonchev–Trinajstić information content (AvgIpc) is 2.34. The molecule has 4 nitrogen and oxygen atoms in total. The molecule has 1 N–H and O–H groups in total. The molecule has 0 unspecified atom stereocenters. The number of hydrogen-bond donors (Lipinski definition) is 1. The standard InChI is InChI=1S/C13H18FNO3/c1-10(17)11-3-4-13(12(14)9-11)15(5-7-16)6-8-18-2/h3-4,9,16H,5-8H2,1-2H3. The molecule has 0 atom stereocenters. The lowest BCUT2D eigenvalue weighted by Crippen LogP contribution is -2.31. The van der Waals surface area contributed by atoms with Gasteiger partial charge in [-0.25, -0.2) is 4.39 Å². The van der Waals surface area contributed by atoms with Crippen LogP contribution in [0.5, 0.6) is 0 Å². The maximum absolute atomic E-state index is 13.9. The number of carbonyl (C=O) groups is 1. The zero-order chi connectivity index (χ0) is 13.5. The van der Waals surface area contributed by atoms with Crippen LogP contribution in [0.1, 0.15) is 17.3 Å². The Morgan fingerprint density at radius 2 is 2.17 bits per heavy atom. The lowest BCUT2D eigenvalue weighted by molar-refractivity contribution is 0.101. The zero-order valence-electron chi connectivity index (χ0n) is 10.6. The predicted molar refractivity (Wildman–Crippen MR) is 67.6 cm³/mol. The Morgan fingerprint density at radius 3 is 2.67 bits per heavy atom. The molecule has 0 aliphatic heterocycles. The first kappa shape index (κ1) is 14.6. The molecular formula is C13H18FNO3. The monoisotopic (exact) mass is 255 g/mol. The van der Waals surface area contributed by atoms with E-state index in [2.05, 4.69) is 0 Å². The van der Waals surface area contributed by atoms with Gasteiger partial charge in [0.15, 0.2) is 5.78 Å². The van der Waals surface area contributed by atoms with Crippen LogP contribution in [0.2, 0.25) is 0 Å². The van der Waals surface area contributed by atoms with Crippen molar-refractivity contribution in [3.8, 4) is 0 Å². The van der Waals surface area contributed by atoms with Crippen molar-refractivity contribution in [2.24, 2.45) is 0 Å². The van der Waals surface area contributed by atoms with E-state index in [1.807, 2.05) is 0 Å². The second kappa shape index (κ2) is 7.08. The minimum atomic E-state index is -0.466. The molecule has 18 heavy (non-hydrogen) atoms. The summed E-state index contributed by atoms with van der Waals surface area (Å²) < 4.78 is 18.8. The molecule has 0 radical (unpaired) electrons. The Balaban J connectivity index is 2.93. The quantitative estimate of drug-likeness (QED) is 0.750.